The number of carbonyl (C=O) groups is 1. The summed E-state index contributed by atoms with van der Waals surface area (Å²) < 4.78 is 11.0. The second kappa shape index (κ2) is 7.42. The number of carbonyl (C=O) groups excluding carboxylic acids is 1. The van der Waals surface area contributed by atoms with Gasteiger partial charge in [0.1, 0.15) is 0 Å². The Kier molecular flexibility index (Phi) is 6.18. The maximum atomic E-state index is 11.8. The summed E-state index contributed by atoms with van der Waals surface area (Å²) in [6.45, 7) is 0.880. The molecular weight excluding hydrogens is 286 g/mol. The molecule has 0 aliphatic carbocycles. The molecule has 0 spiro atoms. The summed E-state index contributed by atoms with van der Waals surface area (Å²) in [4.78, 5) is 11.8. The van der Waals surface area contributed by atoms with Crippen molar-refractivity contribution in [1.82, 2.24) is 5.32 Å². The predicted molar refractivity (Wildman–Crippen MR) is 69.1 cm³/mol. The third kappa shape index (κ3) is 4.85. The van der Waals surface area contributed by atoms with E-state index in [-0.39, 0.29) is 12.0 Å². The predicted octanol–water partition coefficient (Wildman–Crippen LogP) is 1.84. The maximum absolute atomic E-state index is 11.8. The lowest BCUT2D eigenvalue weighted by Gasteiger charge is -2.15. The van der Waals surface area contributed by atoms with Crippen LogP contribution >= 0.6 is 15.9 Å². The zero-order chi connectivity index (χ0) is 12.7. The standard InChI is InChI=1S/C12H16BrNO3/c1-16-8-11(17-2)7-14-12(15)9-4-3-5-10(13)6-9/h3-6,11H,7-8H2,1-2H3,(H,14,15). The number of rotatable bonds is 6. The Hall–Kier alpha value is -0.910. The van der Waals surface area contributed by atoms with Crippen LogP contribution in [-0.4, -0.2) is 39.4 Å². The van der Waals surface area contributed by atoms with E-state index < -0.39 is 0 Å². The second-order valence-electron chi connectivity index (χ2n) is 3.53. The molecule has 1 atom stereocenters. The third-order valence-corrected chi connectivity index (χ3v) is 2.76. The number of methoxy groups -OCH3 is 2. The zero-order valence-electron chi connectivity index (χ0n) is 9.90. The first-order valence-electron chi connectivity index (χ1n) is 5.23. The molecule has 0 aliphatic rings. The van der Waals surface area contributed by atoms with Crippen LogP contribution in [0, 0.1) is 0 Å². The number of amides is 1. The summed E-state index contributed by atoms with van der Waals surface area (Å²) >= 11 is 3.32. The van der Waals surface area contributed by atoms with E-state index >= 15 is 0 Å². The lowest BCUT2D eigenvalue weighted by atomic mass is 10.2. The highest BCUT2D eigenvalue weighted by Crippen LogP contribution is 2.11. The largest absolute Gasteiger partial charge is 0.382 e. The van der Waals surface area contributed by atoms with Crippen LogP contribution in [0.15, 0.2) is 28.7 Å². The molecule has 0 heterocycles. The Morgan fingerprint density at radius 1 is 1.47 bits per heavy atom. The molecule has 1 aromatic rings. The summed E-state index contributed by atoms with van der Waals surface area (Å²) in [5.41, 5.74) is 0.617. The highest BCUT2D eigenvalue weighted by atomic mass is 79.9. The fourth-order valence-electron chi connectivity index (χ4n) is 1.33. The van der Waals surface area contributed by atoms with Gasteiger partial charge < -0.3 is 14.8 Å². The number of nitrogens with one attached hydrogen (secondary N) is 1. The summed E-state index contributed by atoms with van der Waals surface area (Å²) in [6.07, 6.45) is -0.129. The number of hydrogen-bond acceptors (Lipinski definition) is 3. The fraction of sp³-hybridized carbons (Fsp3) is 0.417. The van der Waals surface area contributed by atoms with Gasteiger partial charge in [-0.2, -0.15) is 0 Å². The van der Waals surface area contributed by atoms with Crippen molar-refractivity contribution in [3.05, 3.63) is 34.3 Å². The Bertz CT molecular complexity index is 371. The Labute approximate surface area is 109 Å². The summed E-state index contributed by atoms with van der Waals surface area (Å²) in [7, 11) is 3.19. The van der Waals surface area contributed by atoms with Crippen LogP contribution in [0.25, 0.3) is 0 Å². The average Bonchev–Trinajstić information content (AvgIpc) is 2.34. The molecule has 1 amide bonds. The van der Waals surface area contributed by atoms with Gasteiger partial charge in [-0.3, -0.25) is 4.79 Å². The van der Waals surface area contributed by atoms with Crippen molar-refractivity contribution in [1.29, 1.82) is 0 Å². The van der Waals surface area contributed by atoms with Gasteiger partial charge in [0.15, 0.2) is 0 Å². The average molecular weight is 302 g/mol. The molecule has 0 fully saturated rings. The molecule has 1 N–H and O–H groups in total. The van der Waals surface area contributed by atoms with Crippen molar-refractivity contribution in [2.24, 2.45) is 0 Å². The minimum absolute atomic E-state index is 0.121. The molecular formula is C12H16BrNO3. The van der Waals surface area contributed by atoms with E-state index in [4.69, 9.17) is 9.47 Å². The number of ether oxygens (including phenoxy) is 2. The first-order valence-corrected chi connectivity index (χ1v) is 6.02. The van der Waals surface area contributed by atoms with Gasteiger partial charge in [-0.1, -0.05) is 22.0 Å². The molecule has 0 radical (unpaired) electrons. The fourth-order valence-corrected chi connectivity index (χ4v) is 1.73. The van der Waals surface area contributed by atoms with Gasteiger partial charge in [-0.25, -0.2) is 0 Å². The van der Waals surface area contributed by atoms with Crippen molar-refractivity contribution in [2.75, 3.05) is 27.4 Å². The van der Waals surface area contributed by atoms with Gasteiger partial charge in [0.05, 0.1) is 12.7 Å². The van der Waals surface area contributed by atoms with Crippen LogP contribution in [0.5, 0.6) is 0 Å². The molecule has 0 saturated heterocycles. The van der Waals surface area contributed by atoms with Crippen LogP contribution in [0.3, 0.4) is 0 Å². The van der Waals surface area contributed by atoms with Crippen molar-refractivity contribution in [3.8, 4) is 0 Å². The monoisotopic (exact) mass is 301 g/mol. The van der Waals surface area contributed by atoms with Gasteiger partial charge in [-0.15, -0.1) is 0 Å². The van der Waals surface area contributed by atoms with Gasteiger partial charge in [0.25, 0.3) is 5.91 Å². The second-order valence-corrected chi connectivity index (χ2v) is 4.45. The van der Waals surface area contributed by atoms with Crippen molar-refractivity contribution in [3.63, 3.8) is 0 Å². The molecule has 94 valence electrons. The minimum atomic E-state index is -0.129. The van der Waals surface area contributed by atoms with Crippen molar-refractivity contribution < 1.29 is 14.3 Å². The van der Waals surface area contributed by atoms with Crippen LogP contribution in [0.4, 0.5) is 0 Å². The molecule has 0 aliphatic heterocycles. The molecule has 1 rings (SSSR count). The quantitative estimate of drug-likeness (QED) is 0.872. The summed E-state index contributed by atoms with van der Waals surface area (Å²) in [5, 5.41) is 2.80. The highest BCUT2D eigenvalue weighted by molar-refractivity contribution is 9.10. The van der Waals surface area contributed by atoms with Crippen LogP contribution in [-0.2, 0) is 9.47 Å². The van der Waals surface area contributed by atoms with E-state index in [0.29, 0.717) is 18.7 Å². The molecule has 1 aromatic carbocycles. The van der Waals surface area contributed by atoms with Crippen LogP contribution in [0.2, 0.25) is 0 Å². The molecule has 17 heavy (non-hydrogen) atoms. The molecule has 0 aromatic heterocycles. The number of halogens is 1. The van der Waals surface area contributed by atoms with Gasteiger partial charge in [0.2, 0.25) is 0 Å². The van der Waals surface area contributed by atoms with E-state index in [1.807, 2.05) is 12.1 Å². The van der Waals surface area contributed by atoms with Gasteiger partial charge in [0, 0.05) is 30.8 Å². The Morgan fingerprint density at radius 3 is 2.82 bits per heavy atom. The lowest BCUT2D eigenvalue weighted by Crippen LogP contribution is -2.35. The SMILES string of the molecule is COCC(CNC(=O)c1cccc(Br)c1)OC. The molecule has 1 unspecified atom stereocenters. The van der Waals surface area contributed by atoms with E-state index in [1.54, 1.807) is 26.4 Å². The Balaban J connectivity index is 2.49. The van der Waals surface area contributed by atoms with Gasteiger partial charge >= 0.3 is 0 Å². The van der Waals surface area contributed by atoms with E-state index in [1.165, 1.54) is 0 Å². The minimum Gasteiger partial charge on any atom is -0.382 e. The summed E-state index contributed by atoms with van der Waals surface area (Å²) in [6, 6.07) is 7.23. The van der Waals surface area contributed by atoms with E-state index in [0.717, 1.165) is 4.47 Å². The van der Waals surface area contributed by atoms with Crippen molar-refractivity contribution >= 4 is 21.8 Å². The smallest absolute Gasteiger partial charge is 0.251 e. The number of hydrogen-bond donors (Lipinski definition) is 1. The highest BCUT2D eigenvalue weighted by Gasteiger charge is 2.10. The zero-order valence-corrected chi connectivity index (χ0v) is 11.5. The number of benzene rings is 1. The lowest BCUT2D eigenvalue weighted by molar-refractivity contribution is 0.0285. The molecule has 0 bridgehead atoms. The van der Waals surface area contributed by atoms with Crippen LogP contribution in [0.1, 0.15) is 10.4 Å². The molecule has 5 heteroatoms. The van der Waals surface area contributed by atoms with E-state index in [2.05, 4.69) is 21.2 Å². The molecule has 0 saturated carbocycles. The van der Waals surface area contributed by atoms with Crippen LogP contribution < -0.4 is 5.32 Å². The Morgan fingerprint density at radius 2 is 2.24 bits per heavy atom. The topological polar surface area (TPSA) is 47.6 Å². The van der Waals surface area contributed by atoms with Crippen molar-refractivity contribution in [2.45, 2.75) is 6.10 Å². The first-order chi connectivity index (χ1) is 8.17. The maximum Gasteiger partial charge on any atom is 0.251 e. The first kappa shape index (κ1) is 14.2. The summed E-state index contributed by atoms with van der Waals surface area (Å²) in [5.74, 6) is -0.121. The third-order valence-electron chi connectivity index (χ3n) is 2.26. The molecule has 4 nitrogen and oxygen atoms in total. The van der Waals surface area contributed by atoms with Gasteiger partial charge in [-0.05, 0) is 18.2 Å². The van der Waals surface area contributed by atoms with E-state index in [9.17, 15) is 4.79 Å². The normalized spacial score (nSPS) is 12.2.